The molecule has 1 aromatic carbocycles. The monoisotopic (exact) mass is 464 g/mol. The van der Waals surface area contributed by atoms with Gasteiger partial charge in [0.25, 0.3) is 11.1 Å². The summed E-state index contributed by atoms with van der Waals surface area (Å²) < 4.78 is 20.1. The number of nitrogens with one attached hydrogen (secondary N) is 1. The minimum atomic E-state index is -0.532. The molecular weight excluding hydrogens is 451 g/mol. The van der Waals surface area contributed by atoms with Gasteiger partial charge in [0.2, 0.25) is 5.75 Å². The average Bonchev–Trinajstić information content (AvgIpc) is 2.80. The number of rotatable bonds is 5. The number of aromatic amines is 1. The molecule has 0 aliphatic rings. The van der Waals surface area contributed by atoms with Gasteiger partial charge in [0.15, 0.2) is 0 Å². The van der Waals surface area contributed by atoms with Gasteiger partial charge in [0.05, 0.1) is 53.3 Å². The molecule has 1 N–H and O–H groups in total. The molecule has 0 spiro atoms. The third kappa shape index (κ3) is 4.78. The Morgan fingerprint density at radius 1 is 1.21 bits per heavy atom. The van der Waals surface area contributed by atoms with Crippen molar-refractivity contribution < 1.29 is 9.13 Å². The van der Waals surface area contributed by atoms with Crippen molar-refractivity contribution in [2.45, 2.75) is 13.5 Å². The standard InChI is InChI=1S/C22H14ClFN6O3/c1-12-20(33-17-5-13(8-25)4-14(23)6-17)22(32)30(11-27-12)10-16-7-18(21(31)29-28-16)19-3-2-15(24)9-26-19/h2-7,9,11H,10H2,1H3,(H,29,31). The molecule has 0 amide bonds. The molecule has 3 heterocycles. The highest BCUT2D eigenvalue weighted by Crippen LogP contribution is 2.25. The highest BCUT2D eigenvalue weighted by molar-refractivity contribution is 6.30. The number of nitriles is 1. The van der Waals surface area contributed by atoms with Gasteiger partial charge in [-0.25, -0.2) is 14.5 Å². The number of ether oxygens (including phenoxy) is 1. The first-order chi connectivity index (χ1) is 15.8. The number of hydrogen-bond acceptors (Lipinski definition) is 7. The van der Waals surface area contributed by atoms with Gasteiger partial charge in [-0.3, -0.25) is 19.1 Å². The number of aromatic nitrogens is 5. The van der Waals surface area contributed by atoms with E-state index in [-0.39, 0.29) is 39.9 Å². The molecule has 4 rings (SSSR count). The van der Waals surface area contributed by atoms with Gasteiger partial charge in [-0.1, -0.05) is 11.6 Å². The van der Waals surface area contributed by atoms with Gasteiger partial charge in [-0.2, -0.15) is 10.4 Å². The number of nitrogens with zero attached hydrogens (tertiary/aromatic N) is 5. The van der Waals surface area contributed by atoms with E-state index in [4.69, 9.17) is 21.6 Å². The molecule has 33 heavy (non-hydrogen) atoms. The summed E-state index contributed by atoms with van der Waals surface area (Å²) in [6.07, 6.45) is 2.33. The van der Waals surface area contributed by atoms with E-state index in [1.165, 1.54) is 47.3 Å². The Morgan fingerprint density at radius 3 is 2.76 bits per heavy atom. The number of hydrogen-bond donors (Lipinski definition) is 1. The summed E-state index contributed by atoms with van der Waals surface area (Å²) in [6.45, 7) is 1.57. The molecule has 0 radical (unpaired) electrons. The number of benzene rings is 1. The largest absolute Gasteiger partial charge is 0.450 e. The van der Waals surface area contributed by atoms with E-state index in [2.05, 4.69) is 20.2 Å². The van der Waals surface area contributed by atoms with Crippen LogP contribution < -0.4 is 15.9 Å². The van der Waals surface area contributed by atoms with Crippen molar-refractivity contribution in [1.82, 2.24) is 24.7 Å². The zero-order chi connectivity index (χ0) is 23.5. The second-order valence-corrected chi connectivity index (χ2v) is 7.38. The van der Waals surface area contributed by atoms with Crippen LogP contribution in [0.4, 0.5) is 4.39 Å². The van der Waals surface area contributed by atoms with Crippen LogP contribution >= 0.6 is 11.6 Å². The van der Waals surface area contributed by atoms with Crippen LogP contribution in [0.15, 0.2) is 58.5 Å². The van der Waals surface area contributed by atoms with Crippen LogP contribution in [0.1, 0.15) is 17.0 Å². The highest BCUT2D eigenvalue weighted by Gasteiger charge is 2.14. The van der Waals surface area contributed by atoms with Crippen LogP contribution in [-0.2, 0) is 6.54 Å². The van der Waals surface area contributed by atoms with Gasteiger partial charge in [0, 0.05) is 5.02 Å². The zero-order valence-corrected chi connectivity index (χ0v) is 17.8. The Bertz CT molecular complexity index is 1510. The van der Waals surface area contributed by atoms with Crippen LogP contribution in [0.5, 0.6) is 11.5 Å². The molecule has 0 bridgehead atoms. The van der Waals surface area contributed by atoms with Crippen molar-refractivity contribution in [2.24, 2.45) is 0 Å². The average molecular weight is 465 g/mol. The first-order valence-corrected chi connectivity index (χ1v) is 9.87. The number of pyridine rings is 1. The molecule has 3 aromatic heterocycles. The van der Waals surface area contributed by atoms with Crippen LogP contribution in [0.25, 0.3) is 11.3 Å². The molecule has 0 saturated carbocycles. The summed E-state index contributed by atoms with van der Waals surface area (Å²) >= 11 is 6.01. The summed E-state index contributed by atoms with van der Waals surface area (Å²) in [5.74, 6) is -0.366. The lowest BCUT2D eigenvalue weighted by atomic mass is 10.1. The van der Waals surface area contributed by atoms with Crippen molar-refractivity contribution in [2.75, 3.05) is 0 Å². The molecule has 9 nitrogen and oxygen atoms in total. The molecule has 0 atom stereocenters. The van der Waals surface area contributed by atoms with Crippen molar-refractivity contribution in [1.29, 1.82) is 5.26 Å². The minimum Gasteiger partial charge on any atom is -0.450 e. The summed E-state index contributed by atoms with van der Waals surface area (Å²) in [5, 5.41) is 15.7. The molecular formula is C22H14ClFN6O3. The summed E-state index contributed by atoms with van der Waals surface area (Å²) in [7, 11) is 0. The molecule has 4 aromatic rings. The van der Waals surface area contributed by atoms with Crippen molar-refractivity contribution >= 4 is 11.6 Å². The normalized spacial score (nSPS) is 10.6. The zero-order valence-electron chi connectivity index (χ0n) is 17.0. The number of H-pyrrole nitrogens is 1. The van der Waals surface area contributed by atoms with Crippen molar-refractivity contribution in [3.8, 4) is 28.8 Å². The van der Waals surface area contributed by atoms with Crippen molar-refractivity contribution in [3.05, 3.63) is 97.4 Å². The fraction of sp³-hybridized carbons (Fsp3) is 0.0909. The van der Waals surface area contributed by atoms with Gasteiger partial charge < -0.3 is 4.74 Å². The Balaban J connectivity index is 1.68. The molecule has 0 aliphatic carbocycles. The fourth-order valence-electron chi connectivity index (χ4n) is 3.01. The second-order valence-electron chi connectivity index (χ2n) is 6.95. The van der Waals surface area contributed by atoms with Crippen LogP contribution in [0.3, 0.4) is 0 Å². The molecule has 0 unspecified atom stereocenters. The Kier molecular flexibility index (Phi) is 5.97. The van der Waals surface area contributed by atoms with Gasteiger partial charge in [0.1, 0.15) is 11.6 Å². The lowest BCUT2D eigenvalue weighted by Crippen LogP contribution is -2.24. The summed E-state index contributed by atoms with van der Waals surface area (Å²) in [6, 6.07) is 10.4. The SMILES string of the molecule is Cc1ncn(Cc2cc(-c3ccc(F)cn3)c(=O)[nH]n2)c(=O)c1Oc1cc(Cl)cc(C#N)c1. The second kappa shape index (κ2) is 9.02. The first kappa shape index (κ1) is 21.9. The maximum Gasteiger partial charge on any atom is 0.296 e. The number of aryl methyl sites for hydroxylation is 1. The van der Waals surface area contributed by atoms with Crippen LogP contribution in [0, 0.1) is 24.1 Å². The van der Waals surface area contributed by atoms with Crippen LogP contribution in [0.2, 0.25) is 5.02 Å². The molecule has 11 heteroatoms. The predicted molar refractivity (Wildman–Crippen MR) is 117 cm³/mol. The highest BCUT2D eigenvalue weighted by atomic mass is 35.5. The van der Waals surface area contributed by atoms with Crippen LogP contribution in [-0.4, -0.2) is 24.7 Å². The first-order valence-electron chi connectivity index (χ1n) is 9.49. The van der Waals surface area contributed by atoms with E-state index in [1.807, 2.05) is 6.07 Å². The lowest BCUT2D eigenvalue weighted by molar-refractivity contribution is 0.457. The van der Waals surface area contributed by atoms with Crippen molar-refractivity contribution in [3.63, 3.8) is 0 Å². The van der Waals surface area contributed by atoms with Gasteiger partial charge in [-0.15, -0.1) is 0 Å². The summed E-state index contributed by atoms with van der Waals surface area (Å²) in [5.41, 5.74) is 0.366. The molecule has 0 aliphatic heterocycles. The Labute approximate surface area is 190 Å². The van der Waals surface area contributed by atoms with E-state index in [1.54, 1.807) is 6.92 Å². The summed E-state index contributed by atoms with van der Waals surface area (Å²) in [4.78, 5) is 33.3. The van der Waals surface area contributed by atoms with Gasteiger partial charge in [-0.05, 0) is 43.3 Å². The third-order valence-corrected chi connectivity index (χ3v) is 4.81. The van der Waals surface area contributed by atoms with E-state index in [0.717, 1.165) is 6.20 Å². The van der Waals surface area contributed by atoms with Gasteiger partial charge >= 0.3 is 0 Å². The molecule has 0 fully saturated rings. The number of halogens is 2. The Morgan fingerprint density at radius 2 is 2.03 bits per heavy atom. The predicted octanol–water partition coefficient (Wildman–Crippen LogP) is 3.20. The lowest BCUT2D eigenvalue weighted by Gasteiger charge is -2.11. The molecule has 164 valence electrons. The fourth-order valence-corrected chi connectivity index (χ4v) is 3.24. The Hall–Kier alpha value is -4.36. The van der Waals surface area contributed by atoms with E-state index >= 15 is 0 Å². The smallest absolute Gasteiger partial charge is 0.296 e. The maximum absolute atomic E-state index is 13.2. The van der Waals surface area contributed by atoms with E-state index < -0.39 is 16.9 Å². The quantitative estimate of drug-likeness (QED) is 0.480. The van der Waals surface area contributed by atoms with E-state index in [9.17, 15) is 14.0 Å². The molecule has 0 saturated heterocycles. The topological polar surface area (TPSA) is 127 Å². The maximum atomic E-state index is 13.2. The minimum absolute atomic E-state index is 0.0353. The third-order valence-electron chi connectivity index (χ3n) is 4.59. The van der Waals surface area contributed by atoms with E-state index in [0.29, 0.717) is 11.4 Å².